The van der Waals surface area contributed by atoms with Crippen LogP contribution in [-0.2, 0) is 16.0 Å². The number of carbonyl (C=O) groups is 2. The third-order valence-corrected chi connectivity index (χ3v) is 3.48. The summed E-state index contributed by atoms with van der Waals surface area (Å²) < 4.78 is 5.44. The molecular formula is C17H25N3O3. The van der Waals surface area contributed by atoms with Gasteiger partial charge in [0.05, 0.1) is 0 Å². The summed E-state index contributed by atoms with van der Waals surface area (Å²) >= 11 is 0. The summed E-state index contributed by atoms with van der Waals surface area (Å²) in [5.41, 5.74) is 6.67. The number of rotatable bonds is 9. The summed E-state index contributed by atoms with van der Waals surface area (Å²) in [6.45, 7) is 2.43. The zero-order valence-corrected chi connectivity index (χ0v) is 13.5. The Kier molecular flexibility index (Phi) is 6.40. The maximum absolute atomic E-state index is 11.5. The molecule has 1 atom stereocenters. The molecule has 0 radical (unpaired) electrons. The van der Waals surface area contributed by atoms with E-state index in [4.69, 9.17) is 10.5 Å². The SMILES string of the molecule is CC(N)CC(=O)NCCc1ccc(OCC(=O)NC2CC2)cc1. The molecule has 2 rings (SSSR count). The lowest BCUT2D eigenvalue weighted by molar-refractivity contribution is -0.123. The van der Waals surface area contributed by atoms with Gasteiger partial charge < -0.3 is 21.1 Å². The summed E-state index contributed by atoms with van der Waals surface area (Å²) in [4.78, 5) is 23.0. The van der Waals surface area contributed by atoms with Crippen molar-refractivity contribution in [1.29, 1.82) is 0 Å². The Bertz CT molecular complexity index is 524. The van der Waals surface area contributed by atoms with Gasteiger partial charge in [0, 0.05) is 25.0 Å². The van der Waals surface area contributed by atoms with Crippen LogP contribution in [0.5, 0.6) is 5.75 Å². The van der Waals surface area contributed by atoms with E-state index in [2.05, 4.69) is 10.6 Å². The molecule has 1 fully saturated rings. The van der Waals surface area contributed by atoms with Crippen LogP contribution in [0.15, 0.2) is 24.3 Å². The molecule has 2 amide bonds. The lowest BCUT2D eigenvalue weighted by atomic mass is 10.1. The van der Waals surface area contributed by atoms with Crippen molar-refractivity contribution < 1.29 is 14.3 Å². The van der Waals surface area contributed by atoms with E-state index in [9.17, 15) is 9.59 Å². The Morgan fingerprint density at radius 1 is 1.26 bits per heavy atom. The van der Waals surface area contributed by atoms with Crippen LogP contribution in [0.2, 0.25) is 0 Å². The molecule has 0 aromatic heterocycles. The number of hydrogen-bond donors (Lipinski definition) is 3. The highest BCUT2D eigenvalue weighted by Gasteiger charge is 2.23. The highest BCUT2D eigenvalue weighted by Crippen LogP contribution is 2.18. The van der Waals surface area contributed by atoms with Crippen molar-refractivity contribution in [3.63, 3.8) is 0 Å². The molecular weight excluding hydrogens is 294 g/mol. The molecule has 6 nitrogen and oxygen atoms in total. The monoisotopic (exact) mass is 319 g/mol. The third kappa shape index (κ3) is 7.15. The van der Waals surface area contributed by atoms with Gasteiger partial charge in [-0.2, -0.15) is 0 Å². The number of carbonyl (C=O) groups excluding carboxylic acids is 2. The van der Waals surface area contributed by atoms with E-state index in [1.54, 1.807) is 0 Å². The van der Waals surface area contributed by atoms with Gasteiger partial charge >= 0.3 is 0 Å². The van der Waals surface area contributed by atoms with Crippen LogP contribution in [-0.4, -0.2) is 37.0 Å². The maximum atomic E-state index is 11.5. The summed E-state index contributed by atoms with van der Waals surface area (Å²) in [5.74, 6) is 0.565. The number of amides is 2. The first-order chi connectivity index (χ1) is 11.0. The van der Waals surface area contributed by atoms with E-state index in [1.165, 1.54) is 0 Å². The molecule has 0 heterocycles. The van der Waals surface area contributed by atoms with E-state index in [0.29, 0.717) is 24.8 Å². The minimum Gasteiger partial charge on any atom is -0.484 e. The Morgan fingerprint density at radius 3 is 2.57 bits per heavy atom. The van der Waals surface area contributed by atoms with Crippen LogP contribution < -0.4 is 21.1 Å². The second-order valence-corrected chi connectivity index (χ2v) is 6.06. The predicted molar refractivity (Wildman–Crippen MR) is 88.1 cm³/mol. The molecule has 6 heteroatoms. The molecule has 0 aliphatic heterocycles. The number of nitrogens with one attached hydrogen (secondary N) is 2. The summed E-state index contributed by atoms with van der Waals surface area (Å²) in [6.07, 6.45) is 3.23. The molecule has 126 valence electrons. The van der Waals surface area contributed by atoms with Crippen LogP contribution in [0.1, 0.15) is 31.7 Å². The second-order valence-electron chi connectivity index (χ2n) is 6.06. The number of ether oxygens (including phenoxy) is 1. The van der Waals surface area contributed by atoms with Gasteiger partial charge in [-0.15, -0.1) is 0 Å². The third-order valence-electron chi connectivity index (χ3n) is 3.48. The van der Waals surface area contributed by atoms with Crippen LogP contribution in [0.25, 0.3) is 0 Å². The van der Waals surface area contributed by atoms with Gasteiger partial charge in [-0.1, -0.05) is 12.1 Å². The van der Waals surface area contributed by atoms with E-state index in [-0.39, 0.29) is 24.5 Å². The van der Waals surface area contributed by atoms with Crippen LogP contribution in [0, 0.1) is 0 Å². The van der Waals surface area contributed by atoms with Crippen molar-refractivity contribution >= 4 is 11.8 Å². The zero-order valence-electron chi connectivity index (χ0n) is 13.5. The lowest BCUT2D eigenvalue weighted by Gasteiger charge is -2.09. The van der Waals surface area contributed by atoms with Crippen molar-refractivity contribution in [2.75, 3.05) is 13.2 Å². The molecule has 1 saturated carbocycles. The highest BCUT2D eigenvalue weighted by atomic mass is 16.5. The molecule has 1 unspecified atom stereocenters. The van der Waals surface area contributed by atoms with Crippen molar-refractivity contribution in [3.05, 3.63) is 29.8 Å². The van der Waals surface area contributed by atoms with Gasteiger partial charge in [-0.05, 0) is 43.9 Å². The lowest BCUT2D eigenvalue weighted by Crippen LogP contribution is -2.31. The summed E-state index contributed by atoms with van der Waals surface area (Å²) in [5, 5.41) is 5.71. The van der Waals surface area contributed by atoms with Crippen molar-refractivity contribution in [1.82, 2.24) is 10.6 Å². The minimum absolute atomic E-state index is 0.0263. The van der Waals surface area contributed by atoms with Crippen LogP contribution >= 0.6 is 0 Å². The van der Waals surface area contributed by atoms with Crippen molar-refractivity contribution in [3.8, 4) is 5.75 Å². The zero-order chi connectivity index (χ0) is 16.7. The fraction of sp³-hybridized carbons (Fsp3) is 0.529. The average Bonchev–Trinajstić information content (AvgIpc) is 3.29. The fourth-order valence-electron chi connectivity index (χ4n) is 2.11. The van der Waals surface area contributed by atoms with Gasteiger partial charge in [0.2, 0.25) is 5.91 Å². The molecule has 1 aromatic carbocycles. The predicted octanol–water partition coefficient (Wildman–Crippen LogP) is 0.740. The maximum Gasteiger partial charge on any atom is 0.258 e. The van der Waals surface area contributed by atoms with Gasteiger partial charge in [0.1, 0.15) is 5.75 Å². The quantitative estimate of drug-likeness (QED) is 0.626. The smallest absolute Gasteiger partial charge is 0.258 e. The highest BCUT2D eigenvalue weighted by molar-refractivity contribution is 5.78. The molecule has 1 aliphatic rings. The first-order valence-corrected chi connectivity index (χ1v) is 8.06. The molecule has 23 heavy (non-hydrogen) atoms. The summed E-state index contributed by atoms with van der Waals surface area (Å²) in [6, 6.07) is 7.78. The normalized spacial score (nSPS) is 14.9. The Morgan fingerprint density at radius 2 is 1.96 bits per heavy atom. The van der Waals surface area contributed by atoms with Crippen LogP contribution in [0.4, 0.5) is 0 Å². The van der Waals surface area contributed by atoms with E-state index >= 15 is 0 Å². The molecule has 4 N–H and O–H groups in total. The Balaban J connectivity index is 1.65. The molecule has 0 spiro atoms. The average molecular weight is 319 g/mol. The second kappa shape index (κ2) is 8.53. The van der Waals surface area contributed by atoms with Gasteiger partial charge in [0.25, 0.3) is 5.91 Å². The molecule has 0 saturated heterocycles. The van der Waals surface area contributed by atoms with Gasteiger partial charge in [-0.25, -0.2) is 0 Å². The number of nitrogens with two attached hydrogens (primary N) is 1. The number of hydrogen-bond acceptors (Lipinski definition) is 4. The van der Waals surface area contributed by atoms with E-state index in [0.717, 1.165) is 24.8 Å². The Labute approximate surface area is 136 Å². The van der Waals surface area contributed by atoms with Crippen LogP contribution in [0.3, 0.4) is 0 Å². The standard InChI is InChI=1S/C17H25N3O3/c1-12(18)10-16(21)19-9-8-13-2-6-15(7-3-13)23-11-17(22)20-14-4-5-14/h2-3,6-7,12,14H,4-5,8-11,18H2,1H3,(H,19,21)(H,20,22). The first kappa shape index (κ1) is 17.3. The Hall–Kier alpha value is -2.08. The van der Waals surface area contributed by atoms with Gasteiger partial charge in [-0.3, -0.25) is 9.59 Å². The van der Waals surface area contributed by atoms with Crippen molar-refractivity contribution in [2.24, 2.45) is 5.73 Å². The van der Waals surface area contributed by atoms with E-state index in [1.807, 2.05) is 31.2 Å². The topological polar surface area (TPSA) is 93.5 Å². The van der Waals surface area contributed by atoms with Gasteiger partial charge in [0.15, 0.2) is 6.61 Å². The van der Waals surface area contributed by atoms with Crippen molar-refractivity contribution in [2.45, 2.75) is 44.7 Å². The summed E-state index contributed by atoms with van der Waals surface area (Å²) in [7, 11) is 0. The van der Waals surface area contributed by atoms with E-state index < -0.39 is 0 Å². The molecule has 1 aliphatic carbocycles. The number of benzene rings is 1. The fourth-order valence-corrected chi connectivity index (χ4v) is 2.11. The largest absolute Gasteiger partial charge is 0.484 e. The first-order valence-electron chi connectivity index (χ1n) is 8.06. The molecule has 0 bridgehead atoms. The minimum atomic E-state index is -0.122. The molecule has 1 aromatic rings.